The zero-order valence-electron chi connectivity index (χ0n) is 10.4. The molecule has 2 aliphatic carbocycles. The molecule has 1 aliphatic heterocycles. The molecule has 3 aliphatic rings. The summed E-state index contributed by atoms with van der Waals surface area (Å²) in [5.74, 6) is 1.24. The molecule has 1 amide bonds. The molecule has 3 fully saturated rings. The Morgan fingerprint density at radius 1 is 1.44 bits per heavy atom. The predicted octanol–water partition coefficient (Wildman–Crippen LogP) is 2.51. The second-order valence-electron chi connectivity index (χ2n) is 5.87. The molecule has 4 rings (SSSR count). The highest BCUT2D eigenvalue weighted by Gasteiger charge is 2.59. The molecular weight excluding hydrogens is 244 g/mol. The lowest BCUT2D eigenvalue weighted by Gasteiger charge is -2.23. The van der Waals surface area contributed by atoms with E-state index in [4.69, 9.17) is 0 Å². The van der Waals surface area contributed by atoms with Crippen molar-refractivity contribution in [2.75, 3.05) is 6.54 Å². The number of carbonyl (C=O) groups is 1. The van der Waals surface area contributed by atoms with E-state index in [9.17, 15) is 4.79 Å². The van der Waals surface area contributed by atoms with Gasteiger partial charge in [-0.15, -0.1) is 11.3 Å². The van der Waals surface area contributed by atoms with Crippen LogP contribution in [0.25, 0.3) is 0 Å². The molecule has 96 valence electrons. The van der Waals surface area contributed by atoms with Crippen LogP contribution in [0.5, 0.6) is 0 Å². The molecule has 3 nitrogen and oxygen atoms in total. The first-order valence-corrected chi connectivity index (χ1v) is 7.79. The fraction of sp³-hybridized carbons (Fsp3) is 0.643. The van der Waals surface area contributed by atoms with Crippen LogP contribution < -0.4 is 5.32 Å². The first-order chi connectivity index (χ1) is 8.78. The lowest BCUT2D eigenvalue weighted by Crippen LogP contribution is -2.33. The first kappa shape index (κ1) is 11.0. The fourth-order valence-corrected chi connectivity index (χ4v) is 3.69. The van der Waals surface area contributed by atoms with E-state index in [1.165, 1.54) is 24.1 Å². The van der Waals surface area contributed by atoms with Crippen molar-refractivity contribution in [3.05, 3.63) is 22.4 Å². The Labute approximate surface area is 111 Å². The molecule has 4 heteroatoms. The largest absolute Gasteiger partial charge is 0.320 e. The molecule has 2 saturated carbocycles. The second-order valence-corrected chi connectivity index (χ2v) is 6.85. The van der Waals surface area contributed by atoms with Gasteiger partial charge in [0.2, 0.25) is 5.91 Å². The van der Waals surface area contributed by atoms with E-state index in [-0.39, 0.29) is 11.7 Å². The predicted molar refractivity (Wildman–Crippen MR) is 71.2 cm³/mol. The molecule has 1 N–H and O–H groups in total. The van der Waals surface area contributed by atoms with Crippen molar-refractivity contribution in [1.82, 2.24) is 10.2 Å². The van der Waals surface area contributed by atoms with Gasteiger partial charge in [-0.3, -0.25) is 10.1 Å². The fourth-order valence-electron chi connectivity index (χ4n) is 2.91. The van der Waals surface area contributed by atoms with Gasteiger partial charge in [-0.05, 0) is 36.6 Å². The molecule has 2 heterocycles. The lowest BCUT2D eigenvalue weighted by molar-refractivity contribution is -0.130. The number of hydrogen-bond donors (Lipinski definition) is 1. The van der Waals surface area contributed by atoms with Crippen molar-refractivity contribution >= 4 is 17.2 Å². The van der Waals surface area contributed by atoms with Crippen molar-refractivity contribution in [3.63, 3.8) is 0 Å². The van der Waals surface area contributed by atoms with Crippen LogP contribution >= 0.6 is 11.3 Å². The van der Waals surface area contributed by atoms with Crippen molar-refractivity contribution in [2.45, 2.75) is 43.8 Å². The monoisotopic (exact) mass is 262 g/mol. The van der Waals surface area contributed by atoms with Gasteiger partial charge in [-0.25, -0.2) is 0 Å². The second kappa shape index (κ2) is 3.81. The third-order valence-electron chi connectivity index (χ3n) is 4.43. The van der Waals surface area contributed by atoms with Gasteiger partial charge in [0.05, 0.1) is 0 Å². The van der Waals surface area contributed by atoms with Crippen LogP contribution in [-0.4, -0.2) is 22.9 Å². The van der Waals surface area contributed by atoms with Gasteiger partial charge in [0, 0.05) is 11.4 Å². The van der Waals surface area contributed by atoms with E-state index in [1.54, 1.807) is 11.3 Å². The highest BCUT2D eigenvalue weighted by molar-refractivity contribution is 7.10. The number of amides is 1. The van der Waals surface area contributed by atoms with Crippen LogP contribution in [-0.2, 0) is 4.79 Å². The maximum Gasteiger partial charge on any atom is 0.244 e. The Bertz CT molecular complexity index is 462. The summed E-state index contributed by atoms with van der Waals surface area (Å²) in [5, 5.41) is 5.67. The molecule has 0 aromatic carbocycles. The topological polar surface area (TPSA) is 32.3 Å². The van der Waals surface area contributed by atoms with E-state index in [2.05, 4.69) is 27.7 Å². The quantitative estimate of drug-likeness (QED) is 0.904. The molecule has 1 saturated heterocycles. The van der Waals surface area contributed by atoms with E-state index < -0.39 is 0 Å². The smallest absolute Gasteiger partial charge is 0.244 e. The van der Waals surface area contributed by atoms with Gasteiger partial charge in [0.25, 0.3) is 0 Å². The number of thiophene rings is 1. The number of carbonyl (C=O) groups excluding carboxylic acids is 1. The Hall–Kier alpha value is -0.870. The SMILES string of the molecule is O=C1N(CCC2CC2)C(c2cccs2)NC12CC2. The van der Waals surface area contributed by atoms with Crippen LogP contribution in [0.4, 0.5) is 0 Å². The van der Waals surface area contributed by atoms with E-state index in [0.29, 0.717) is 5.91 Å². The molecule has 1 aromatic heterocycles. The molecule has 1 atom stereocenters. The van der Waals surface area contributed by atoms with E-state index in [0.717, 1.165) is 25.3 Å². The Morgan fingerprint density at radius 3 is 2.89 bits per heavy atom. The maximum absolute atomic E-state index is 12.5. The minimum atomic E-state index is -0.182. The summed E-state index contributed by atoms with van der Waals surface area (Å²) in [7, 11) is 0. The van der Waals surface area contributed by atoms with Crippen molar-refractivity contribution in [1.29, 1.82) is 0 Å². The standard InChI is InChI=1S/C14H18N2OS/c17-13-14(6-7-14)15-12(11-2-1-9-18-11)16(13)8-5-10-3-4-10/h1-2,9-10,12,15H,3-8H2. The van der Waals surface area contributed by atoms with Gasteiger partial charge < -0.3 is 4.90 Å². The number of hydrogen-bond acceptors (Lipinski definition) is 3. The van der Waals surface area contributed by atoms with Crippen LogP contribution in [0, 0.1) is 5.92 Å². The third-order valence-corrected chi connectivity index (χ3v) is 5.36. The number of rotatable bonds is 4. The van der Waals surface area contributed by atoms with Gasteiger partial charge in [-0.2, -0.15) is 0 Å². The molecule has 1 aromatic rings. The summed E-state index contributed by atoms with van der Waals surface area (Å²) in [6.45, 7) is 0.931. The van der Waals surface area contributed by atoms with Crippen LogP contribution in [0.15, 0.2) is 17.5 Å². The summed E-state index contributed by atoms with van der Waals surface area (Å²) < 4.78 is 0. The third kappa shape index (κ3) is 1.70. The normalized spacial score (nSPS) is 29.2. The number of nitrogens with one attached hydrogen (secondary N) is 1. The van der Waals surface area contributed by atoms with Gasteiger partial charge in [-0.1, -0.05) is 18.9 Å². The zero-order chi connectivity index (χ0) is 12.2. The maximum atomic E-state index is 12.5. The van der Waals surface area contributed by atoms with Crippen LogP contribution in [0.2, 0.25) is 0 Å². The van der Waals surface area contributed by atoms with Gasteiger partial charge in [0.1, 0.15) is 11.7 Å². The summed E-state index contributed by atoms with van der Waals surface area (Å²) in [6, 6.07) is 4.21. The van der Waals surface area contributed by atoms with Gasteiger partial charge in [0.15, 0.2) is 0 Å². The van der Waals surface area contributed by atoms with Crippen LogP contribution in [0.1, 0.15) is 43.1 Å². The summed E-state index contributed by atoms with van der Waals surface area (Å²) in [5.41, 5.74) is -0.182. The van der Waals surface area contributed by atoms with Crippen molar-refractivity contribution in [2.24, 2.45) is 5.92 Å². The Balaban J connectivity index is 1.56. The zero-order valence-corrected chi connectivity index (χ0v) is 11.2. The highest BCUT2D eigenvalue weighted by atomic mass is 32.1. The molecular formula is C14H18N2OS. The molecule has 1 unspecified atom stereocenters. The van der Waals surface area contributed by atoms with Gasteiger partial charge >= 0.3 is 0 Å². The minimum absolute atomic E-state index is 0.138. The summed E-state index contributed by atoms with van der Waals surface area (Å²) in [6.07, 6.45) is 6.10. The molecule has 0 bridgehead atoms. The Kier molecular flexibility index (Phi) is 2.33. The highest BCUT2D eigenvalue weighted by Crippen LogP contribution is 2.47. The Morgan fingerprint density at radius 2 is 2.28 bits per heavy atom. The first-order valence-electron chi connectivity index (χ1n) is 6.91. The average molecular weight is 262 g/mol. The summed E-state index contributed by atoms with van der Waals surface area (Å²) >= 11 is 1.75. The molecule has 0 radical (unpaired) electrons. The summed E-state index contributed by atoms with van der Waals surface area (Å²) in [4.78, 5) is 15.9. The average Bonchev–Trinajstić information content (AvgIpc) is 3.27. The van der Waals surface area contributed by atoms with Crippen molar-refractivity contribution in [3.8, 4) is 0 Å². The van der Waals surface area contributed by atoms with Crippen molar-refractivity contribution < 1.29 is 4.79 Å². The molecule has 18 heavy (non-hydrogen) atoms. The van der Waals surface area contributed by atoms with Crippen LogP contribution in [0.3, 0.4) is 0 Å². The van der Waals surface area contributed by atoms with E-state index in [1.807, 2.05) is 0 Å². The lowest BCUT2D eigenvalue weighted by atomic mass is 10.2. The number of nitrogens with zero attached hydrogens (tertiary/aromatic N) is 1. The van der Waals surface area contributed by atoms with E-state index >= 15 is 0 Å². The molecule has 1 spiro atoms. The minimum Gasteiger partial charge on any atom is -0.320 e.